The van der Waals surface area contributed by atoms with Gasteiger partial charge in [0.25, 0.3) is 0 Å². The quantitative estimate of drug-likeness (QED) is 0.645. The molecule has 0 bridgehead atoms. The number of nitrogens with two attached hydrogens (primary N) is 1. The summed E-state index contributed by atoms with van der Waals surface area (Å²) < 4.78 is 5.23. The first kappa shape index (κ1) is 10.5. The third-order valence-electron chi connectivity index (χ3n) is 2.27. The van der Waals surface area contributed by atoms with Gasteiger partial charge in [0.05, 0.1) is 12.5 Å². The molecule has 0 spiro atoms. The second-order valence-corrected chi connectivity index (χ2v) is 3.56. The minimum atomic E-state index is 0.0303. The molecule has 1 unspecified atom stereocenters. The van der Waals surface area contributed by atoms with Crippen LogP contribution in [0.2, 0.25) is 0 Å². The zero-order valence-electron chi connectivity index (χ0n) is 8.08. The van der Waals surface area contributed by atoms with E-state index < -0.39 is 0 Å². The Bertz CT molecular complexity index is 167. The number of hydrogen-bond acceptors (Lipinski definition) is 3. The summed E-state index contributed by atoms with van der Waals surface area (Å²) in [6.45, 7) is 3.74. The van der Waals surface area contributed by atoms with Gasteiger partial charge in [0, 0.05) is 19.2 Å². The predicted octanol–water partition coefficient (Wildman–Crippen LogP) is -0.124. The van der Waals surface area contributed by atoms with Crippen LogP contribution in [0, 0.1) is 5.92 Å². The van der Waals surface area contributed by atoms with Crippen molar-refractivity contribution in [3.05, 3.63) is 0 Å². The number of rotatable bonds is 3. The minimum absolute atomic E-state index is 0.0303. The molecule has 0 aromatic rings. The maximum absolute atomic E-state index is 11.5. The molecular weight excluding hydrogens is 168 g/mol. The normalized spacial score (nSPS) is 25.2. The summed E-state index contributed by atoms with van der Waals surface area (Å²) >= 11 is 0. The Hall–Kier alpha value is -0.610. The smallest absolute Gasteiger partial charge is 0.225 e. The van der Waals surface area contributed by atoms with E-state index in [0.29, 0.717) is 13.2 Å². The monoisotopic (exact) mass is 186 g/mol. The number of hydrogen-bond donors (Lipinski definition) is 2. The average Bonchev–Trinajstić information content (AvgIpc) is 2.19. The van der Waals surface area contributed by atoms with Gasteiger partial charge < -0.3 is 15.8 Å². The first-order chi connectivity index (χ1) is 6.24. The van der Waals surface area contributed by atoms with Crippen molar-refractivity contribution in [1.82, 2.24) is 5.32 Å². The van der Waals surface area contributed by atoms with E-state index in [0.717, 1.165) is 19.4 Å². The fraction of sp³-hybridized carbons (Fsp3) is 0.889. The first-order valence-electron chi connectivity index (χ1n) is 4.82. The zero-order chi connectivity index (χ0) is 9.68. The number of nitrogens with one attached hydrogen (secondary N) is 1. The highest BCUT2D eigenvalue weighted by Gasteiger charge is 2.22. The molecule has 1 amide bonds. The van der Waals surface area contributed by atoms with E-state index >= 15 is 0 Å². The van der Waals surface area contributed by atoms with Crippen LogP contribution in [0.5, 0.6) is 0 Å². The Morgan fingerprint density at radius 1 is 1.77 bits per heavy atom. The number of carbonyl (C=O) groups excluding carboxylic acids is 1. The average molecular weight is 186 g/mol. The van der Waals surface area contributed by atoms with Gasteiger partial charge in [0.15, 0.2) is 0 Å². The molecule has 0 aromatic carbocycles. The molecular formula is C9H18N2O2. The Morgan fingerprint density at radius 3 is 3.08 bits per heavy atom. The Labute approximate surface area is 78.8 Å². The summed E-state index contributed by atoms with van der Waals surface area (Å²) in [5, 5.41) is 2.86. The van der Waals surface area contributed by atoms with Crippen LogP contribution in [-0.4, -0.2) is 31.7 Å². The molecule has 76 valence electrons. The topological polar surface area (TPSA) is 64.3 Å². The van der Waals surface area contributed by atoms with Crippen LogP contribution in [0.25, 0.3) is 0 Å². The van der Waals surface area contributed by atoms with Gasteiger partial charge in [-0.15, -0.1) is 0 Å². The lowest BCUT2D eigenvalue weighted by molar-refractivity contribution is -0.129. The van der Waals surface area contributed by atoms with Gasteiger partial charge in [-0.3, -0.25) is 4.79 Å². The van der Waals surface area contributed by atoms with E-state index in [1.165, 1.54) is 0 Å². The molecule has 0 aliphatic carbocycles. The van der Waals surface area contributed by atoms with Gasteiger partial charge in [-0.1, -0.05) is 0 Å². The van der Waals surface area contributed by atoms with E-state index in [1.54, 1.807) is 0 Å². The van der Waals surface area contributed by atoms with E-state index in [1.807, 2.05) is 6.92 Å². The lowest BCUT2D eigenvalue weighted by Crippen LogP contribution is -2.43. The van der Waals surface area contributed by atoms with E-state index in [2.05, 4.69) is 5.32 Å². The Morgan fingerprint density at radius 2 is 2.54 bits per heavy atom. The summed E-state index contributed by atoms with van der Waals surface area (Å²) in [6.07, 6.45) is 1.91. The predicted molar refractivity (Wildman–Crippen MR) is 50.2 cm³/mol. The summed E-state index contributed by atoms with van der Waals surface area (Å²) in [6, 6.07) is 0.0643. The van der Waals surface area contributed by atoms with Crippen molar-refractivity contribution >= 4 is 5.91 Å². The van der Waals surface area contributed by atoms with Crippen molar-refractivity contribution in [2.75, 3.05) is 19.8 Å². The molecule has 1 heterocycles. The van der Waals surface area contributed by atoms with Gasteiger partial charge >= 0.3 is 0 Å². The van der Waals surface area contributed by atoms with Gasteiger partial charge in [0.2, 0.25) is 5.91 Å². The summed E-state index contributed by atoms with van der Waals surface area (Å²) in [4.78, 5) is 11.5. The first-order valence-corrected chi connectivity index (χ1v) is 4.82. The summed E-state index contributed by atoms with van der Waals surface area (Å²) in [7, 11) is 0. The summed E-state index contributed by atoms with van der Waals surface area (Å²) in [5.74, 6) is 0.111. The van der Waals surface area contributed by atoms with Crippen molar-refractivity contribution in [3.8, 4) is 0 Å². The molecule has 2 atom stereocenters. The van der Waals surface area contributed by atoms with Gasteiger partial charge in [-0.05, 0) is 19.8 Å². The van der Waals surface area contributed by atoms with Crippen molar-refractivity contribution in [2.45, 2.75) is 25.8 Å². The molecule has 1 aliphatic rings. The molecule has 1 rings (SSSR count). The summed E-state index contributed by atoms with van der Waals surface area (Å²) in [5.41, 5.74) is 5.40. The fourth-order valence-corrected chi connectivity index (χ4v) is 1.37. The van der Waals surface area contributed by atoms with Crippen LogP contribution < -0.4 is 11.1 Å². The number of carbonyl (C=O) groups is 1. The molecule has 3 N–H and O–H groups in total. The molecule has 4 nitrogen and oxygen atoms in total. The highest BCUT2D eigenvalue weighted by Crippen LogP contribution is 2.13. The van der Waals surface area contributed by atoms with E-state index in [4.69, 9.17) is 10.5 Å². The third-order valence-corrected chi connectivity index (χ3v) is 2.27. The van der Waals surface area contributed by atoms with E-state index in [-0.39, 0.29) is 17.9 Å². The maximum atomic E-state index is 11.5. The maximum Gasteiger partial charge on any atom is 0.225 e. The van der Waals surface area contributed by atoms with E-state index in [9.17, 15) is 4.79 Å². The Balaban J connectivity index is 2.29. The lowest BCUT2D eigenvalue weighted by atomic mass is 10.0. The molecule has 13 heavy (non-hydrogen) atoms. The largest absolute Gasteiger partial charge is 0.381 e. The molecule has 4 heteroatoms. The van der Waals surface area contributed by atoms with Crippen molar-refractivity contribution in [1.29, 1.82) is 0 Å². The molecule has 0 aromatic heterocycles. The lowest BCUT2D eigenvalue weighted by Gasteiger charge is -2.22. The highest BCUT2D eigenvalue weighted by molar-refractivity contribution is 5.79. The highest BCUT2D eigenvalue weighted by atomic mass is 16.5. The van der Waals surface area contributed by atoms with Gasteiger partial charge in [-0.25, -0.2) is 0 Å². The number of ether oxygens (including phenoxy) is 1. The standard InChI is InChI=1S/C9H18N2O2/c1-7(5-10)11-9(12)8-3-2-4-13-6-8/h7-8H,2-6,10H2,1H3,(H,11,12)/t7-,8?/m1/s1. The molecule has 0 radical (unpaired) electrons. The molecule has 1 aliphatic heterocycles. The molecule has 0 saturated carbocycles. The van der Waals surface area contributed by atoms with Gasteiger partial charge in [0.1, 0.15) is 0 Å². The van der Waals surface area contributed by atoms with Crippen LogP contribution in [0.4, 0.5) is 0 Å². The molecule has 1 saturated heterocycles. The number of amides is 1. The third kappa shape index (κ3) is 3.32. The fourth-order valence-electron chi connectivity index (χ4n) is 1.37. The van der Waals surface area contributed by atoms with Crippen LogP contribution in [0.15, 0.2) is 0 Å². The van der Waals surface area contributed by atoms with Crippen molar-refractivity contribution in [2.24, 2.45) is 11.7 Å². The second-order valence-electron chi connectivity index (χ2n) is 3.56. The minimum Gasteiger partial charge on any atom is -0.381 e. The van der Waals surface area contributed by atoms with Crippen LogP contribution in [0.1, 0.15) is 19.8 Å². The van der Waals surface area contributed by atoms with Crippen LogP contribution >= 0.6 is 0 Å². The zero-order valence-corrected chi connectivity index (χ0v) is 8.08. The Kier molecular flexibility index (Phi) is 4.18. The second kappa shape index (κ2) is 5.19. The molecule has 1 fully saturated rings. The van der Waals surface area contributed by atoms with Crippen LogP contribution in [-0.2, 0) is 9.53 Å². The van der Waals surface area contributed by atoms with Crippen molar-refractivity contribution in [3.63, 3.8) is 0 Å². The van der Waals surface area contributed by atoms with Crippen LogP contribution in [0.3, 0.4) is 0 Å². The van der Waals surface area contributed by atoms with Gasteiger partial charge in [-0.2, -0.15) is 0 Å². The SMILES string of the molecule is C[C@H](CN)NC(=O)C1CCCOC1. The van der Waals surface area contributed by atoms with Crippen molar-refractivity contribution < 1.29 is 9.53 Å².